The van der Waals surface area contributed by atoms with Crippen LogP contribution in [0.4, 0.5) is 0 Å². The van der Waals surface area contributed by atoms with Gasteiger partial charge in [0.25, 0.3) is 0 Å². The average molecular weight is 193 g/mol. The van der Waals surface area contributed by atoms with E-state index in [1.807, 2.05) is 11.7 Å². The molecule has 0 N–H and O–H groups in total. The van der Waals surface area contributed by atoms with Gasteiger partial charge in [-0.05, 0) is 20.8 Å². The van der Waals surface area contributed by atoms with Gasteiger partial charge < -0.3 is 0 Å². The van der Waals surface area contributed by atoms with Crippen LogP contribution >= 0.6 is 0 Å². The molecule has 3 heteroatoms. The van der Waals surface area contributed by atoms with E-state index in [1.54, 1.807) is 0 Å². The van der Waals surface area contributed by atoms with Gasteiger partial charge in [-0.25, -0.2) is 0 Å². The molecule has 0 bridgehead atoms. The fourth-order valence-electron chi connectivity index (χ4n) is 2.10. The van der Waals surface area contributed by atoms with Crippen molar-refractivity contribution in [2.45, 2.75) is 39.8 Å². The summed E-state index contributed by atoms with van der Waals surface area (Å²) in [6.07, 6.45) is 1.11. The van der Waals surface area contributed by atoms with Crippen molar-refractivity contribution in [2.24, 2.45) is 7.05 Å². The normalized spacial score (nSPS) is 17.5. The highest BCUT2D eigenvalue weighted by atomic mass is 15.3. The van der Waals surface area contributed by atoms with E-state index in [1.165, 1.54) is 17.0 Å². The van der Waals surface area contributed by atoms with E-state index in [2.05, 4.69) is 30.8 Å². The Morgan fingerprint density at radius 1 is 1.36 bits per heavy atom. The van der Waals surface area contributed by atoms with Gasteiger partial charge in [0, 0.05) is 43.9 Å². The van der Waals surface area contributed by atoms with Crippen LogP contribution in [0.5, 0.6) is 0 Å². The zero-order valence-electron chi connectivity index (χ0n) is 9.54. The van der Waals surface area contributed by atoms with Crippen molar-refractivity contribution in [1.29, 1.82) is 0 Å². The van der Waals surface area contributed by atoms with Crippen LogP contribution in [0.1, 0.15) is 30.8 Å². The Morgan fingerprint density at radius 2 is 2.07 bits per heavy atom. The van der Waals surface area contributed by atoms with Gasteiger partial charge in [0.15, 0.2) is 0 Å². The lowest BCUT2D eigenvalue weighted by molar-refractivity contribution is 0.202. The molecule has 2 rings (SSSR count). The molecule has 1 aromatic heterocycles. The van der Waals surface area contributed by atoms with Crippen LogP contribution in [0.3, 0.4) is 0 Å². The quantitative estimate of drug-likeness (QED) is 0.674. The smallest absolute Gasteiger partial charge is 0.0685 e. The number of nitrogens with zero attached hydrogens (tertiary/aromatic N) is 3. The lowest BCUT2D eigenvalue weighted by Crippen LogP contribution is -2.35. The van der Waals surface area contributed by atoms with E-state index < -0.39 is 0 Å². The molecular weight excluding hydrogens is 174 g/mol. The molecular formula is C11H19N3. The highest BCUT2D eigenvalue weighted by molar-refractivity contribution is 5.27. The fourth-order valence-corrected chi connectivity index (χ4v) is 2.10. The summed E-state index contributed by atoms with van der Waals surface area (Å²) >= 11 is 0. The van der Waals surface area contributed by atoms with Crippen LogP contribution in [0.15, 0.2) is 0 Å². The standard InChI is InChI=1S/C11H19N3/c1-8(2)14-6-5-11-10(7-14)9(3)13(4)12-11/h8H,5-7H2,1-4H3. The van der Waals surface area contributed by atoms with Gasteiger partial charge >= 0.3 is 0 Å². The molecule has 1 aliphatic heterocycles. The minimum Gasteiger partial charge on any atom is -0.296 e. The maximum atomic E-state index is 4.53. The lowest BCUT2D eigenvalue weighted by atomic mass is 10.0. The molecule has 78 valence electrons. The summed E-state index contributed by atoms with van der Waals surface area (Å²) in [7, 11) is 2.04. The van der Waals surface area contributed by atoms with Gasteiger partial charge in [-0.15, -0.1) is 0 Å². The molecule has 3 nitrogen and oxygen atoms in total. The van der Waals surface area contributed by atoms with Crippen molar-refractivity contribution in [3.63, 3.8) is 0 Å². The molecule has 0 spiro atoms. The number of hydrogen-bond acceptors (Lipinski definition) is 2. The largest absolute Gasteiger partial charge is 0.296 e. The van der Waals surface area contributed by atoms with Crippen molar-refractivity contribution in [2.75, 3.05) is 6.54 Å². The lowest BCUT2D eigenvalue weighted by Gasteiger charge is -2.29. The molecule has 14 heavy (non-hydrogen) atoms. The van der Waals surface area contributed by atoms with E-state index in [9.17, 15) is 0 Å². The monoisotopic (exact) mass is 193 g/mol. The van der Waals surface area contributed by atoms with E-state index >= 15 is 0 Å². The van der Waals surface area contributed by atoms with E-state index in [0.717, 1.165) is 19.5 Å². The summed E-state index contributed by atoms with van der Waals surface area (Å²) in [6, 6.07) is 0.641. The van der Waals surface area contributed by atoms with Gasteiger partial charge in [0.05, 0.1) is 5.69 Å². The van der Waals surface area contributed by atoms with E-state index in [4.69, 9.17) is 0 Å². The Hall–Kier alpha value is -0.830. The van der Waals surface area contributed by atoms with Crippen LogP contribution in [0, 0.1) is 6.92 Å². The molecule has 0 unspecified atom stereocenters. The van der Waals surface area contributed by atoms with Gasteiger partial charge in [-0.2, -0.15) is 5.10 Å². The Morgan fingerprint density at radius 3 is 2.71 bits per heavy atom. The minimum atomic E-state index is 0.641. The number of aryl methyl sites for hydroxylation is 1. The molecule has 0 amide bonds. The molecule has 0 fully saturated rings. The van der Waals surface area contributed by atoms with E-state index in [0.29, 0.717) is 6.04 Å². The number of hydrogen-bond donors (Lipinski definition) is 0. The van der Waals surface area contributed by atoms with Crippen LogP contribution in [0.2, 0.25) is 0 Å². The first-order valence-electron chi connectivity index (χ1n) is 5.35. The van der Waals surface area contributed by atoms with Gasteiger partial charge in [-0.1, -0.05) is 0 Å². The number of rotatable bonds is 1. The molecule has 1 aliphatic rings. The third kappa shape index (κ3) is 1.46. The molecule has 2 heterocycles. The first-order chi connectivity index (χ1) is 6.59. The maximum absolute atomic E-state index is 4.53. The van der Waals surface area contributed by atoms with Crippen LogP contribution in [-0.4, -0.2) is 27.3 Å². The van der Waals surface area contributed by atoms with Crippen LogP contribution in [-0.2, 0) is 20.0 Å². The summed E-state index contributed by atoms with van der Waals surface area (Å²) in [5, 5.41) is 4.53. The molecule has 1 aromatic rings. The Labute approximate surface area is 85.7 Å². The fraction of sp³-hybridized carbons (Fsp3) is 0.727. The summed E-state index contributed by atoms with van der Waals surface area (Å²) in [4.78, 5) is 2.51. The molecule has 0 aromatic carbocycles. The minimum absolute atomic E-state index is 0.641. The van der Waals surface area contributed by atoms with Crippen LogP contribution in [0.25, 0.3) is 0 Å². The molecule has 0 radical (unpaired) electrons. The zero-order chi connectivity index (χ0) is 10.3. The van der Waals surface area contributed by atoms with Gasteiger partial charge in [-0.3, -0.25) is 9.58 Å². The molecule has 0 saturated carbocycles. The highest BCUT2D eigenvalue weighted by Crippen LogP contribution is 2.22. The molecule has 0 atom stereocenters. The number of fused-ring (bicyclic) bond motifs is 1. The second-order valence-electron chi connectivity index (χ2n) is 4.45. The summed E-state index contributed by atoms with van der Waals surface area (Å²) in [6.45, 7) is 8.91. The van der Waals surface area contributed by atoms with E-state index in [-0.39, 0.29) is 0 Å². The third-order valence-electron chi connectivity index (χ3n) is 3.27. The third-order valence-corrected chi connectivity index (χ3v) is 3.27. The van der Waals surface area contributed by atoms with Crippen molar-refractivity contribution in [3.05, 3.63) is 17.0 Å². The molecule has 0 aliphatic carbocycles. The summed E-state index contributed by atoms with van der Waals surface area (Å²) < 4.78 is 2.01. The Bertz CT molecular complexity index is 339. The van der Waals surface area contributed by atoms with Gasteiger partial charge in [0.2, 0.25) is 0 Å². The highest BCUT2D eigenvalue weighted by Gasteiger charge is 2.22. The second-order valence-corrected chi connectivity index (χ2v) is 4.45. The average Bonchev–Trinajstić information content (AvgIpc) is 2.43. The van der Waals surface area contributed by atoms with Crippen molar-refractivity contribution < 1.29 is 0 Å². The first kappa shape index (κ1) is 9.71. The number of aromatic nitrogens is 2. The zero-order valence-corrected chi connectivity index (χ0v) is 9.54. The summed E-state index contributed by atoms with van der Waals surface area (Å²) in [5.41, 5.74) is 4.08. The Kier molecular flexibility index (Phi) is 2.35. The predicted octanol–water partition coefficient (Wildman–Crippen LogP) is 1.50. The molecule has 0 saturated heterocycles. The first-order valence-corrected chi connectivity index (χ1v) is 5.35. The maximum Gasteiger partial charge on any atom is 0.0685 e. The van der Waals surface area contributed by atoms with Crippen molar-refractivity contribution in [1.82, 2.24) is 14.7 Å². The van der Waals surface area contributed by atoms with Crippen molar-refractivity contribution >= 4 is 0 Å². The topological polar surface area (TPSA) is 21.1 Å². The second kappa shape index (κ2) is 3.39. The van der Waals surface area contributed by atoms with Gasteiger partial charge in [0.1, 0.15) is 0 Å². The van der Waals surface area contributed by atoms with Crippen molar-refractivity contribution in [3.8, 4) is 0 Å². The SMILES string of the molecule is Cc1c2c(nn1C)CCN(C(C)C)C2. The Balaban J connectivity index is 2.29. The predicted molar refractivity (Wildman–Crippen MR) is 57.2 cm³/mol. The van der Waals surface area contributed by atoms with Crippen LogP contribution < -0.4 is 0 Å². The summed E-state index contributed by atoms with van der Waals surface area (Å²) in [5.74, 6) is 0.